The van der Waals surface area contributed by atoms with E-state index in [2.05, 4.69) is 63.7 Å². The number of piperazine rings is 3. The van der Waals surface area contributed by atoms with Crippen LogP contribution in [0.5, 0.6) is 17.4 Å². The molecule has 5 aliphatic heterocycles. The number of halogens is 1. The quantitative estimate of drug-likeness (QED) is 0.0662. The van der Waals surface area contributed by atoms with Crippen LogP contribution in [0.2, 0.25) is 0 Å². The molecule has 3 aromatic heterocycles. The average molecular weight is 1350 g/mol. The van der Waals surface area contributed by atoms with Crippen LogP contribution in [0, 0.1) is 5.82 Å². The second-order valence-electron chi connectivity index (χ2n) is 28.8. The van der Waals surface area contributed by atoms with Gasteiger partial charge in [0.15, 0.2) is 15.6 Å². The number of hydrogen-bond donors (Lipinski definition) is 1. The third-order valence-electron chi connectivity index (χ3n) is 18.9. The molecule has 3 atom stereocenters. The molecule has 11 rings (SSSR count). The fourth-order valence-electron chi connectivity index (χ4n) is 13.0. The molecule has 0 unspecified atom stereocenters. The highest BCUT2D eigenvalue weighted by Gasteiger charge is 2.45. The standard InChI is InChI=1S/C72H93FN14O9S/c1-47-37-74-64(49(47)3)80-65-57-35-61(97(91,92)71(8,9)10)60(36-58(57)77-46-78-65)94-31-16-23-81-24-26-83(27-25-81)68-75-38-56(39-76-68)93-32-30-82-28-29-84(50(4)67(82)89)41-55-42-86(69(90)96-70(5,6)7)48(2)40-85(55)43-62(88)87-45-72(11,12)63-59(87)34-53(33-51-19-21-54(73)22-20-51)66(79-63)95-44-52-17-14-13-15-18-52/h13-15,17-22,34-36,38-39,46,48,50,55H,16,23-33,37,40-45H2,1-12H3,(H,74,77,78,80)/t48-,50-,55+/m1/s1. The summed E-state index contributed by atoms with van der Waals surface area (Å²) in [7, 11) is -3.83. The summed E-state index contributed by atoms with van der Waals surface area (Å²) in [6.07, 6.45) is 5.43. The van der Waals surface area contributed by atoms with Gasteiger partial charge >= 0.3 is 6.09 Å². The third kappa shape index (κ3) is 16.3. The highest BCUT2D eigenvalue weighted by atomic mass is 32.2. The molecule has 0 saturated carbocycles. The highest BCUT2D eigenvalue weighted by molar-refractivity contribution is 7.92. The summed E-state index contributed by atoms with van der Waals surface area (Å²) in [5, 5.41) is 3.87. The zero-order valence-corrected chi connectivity index (χ0v) is 58.9. The highest BCUT2D eigenvalue weighted by Crippen LogP contribution is 2.43. The Kier molecular flexibility index (Phi) is 20.9. The van der Waals surface area contributed by atoms with Crippen LogP contribution in [0.25, 0.3) is 10.9 Å². The van der Waals surface area contributed by atoms with Gasteiger partial charge in [0, 0.05) is 113 Å². The Balaban J connectivity index is 0.672. The van der Waals surface area contributed by atoms with E-state index < -0.39 is 37.7 Å². The average Bonchev–Trinajstić information content (AvgIpc) is 1.75. The Morgan fingerprint density at radius 1 is 0.804 bits per heavy atom. The van der Waals surface area contributed by atoms with E-state index in [1.807, 2.05) is 94.7 Å². The number of nitrogens with zero attached hydrogens (tertiary/aromatic N) is 13. The number of amidine groups is 1. The van der Waals surface area contributed by atoms with Crippen molar-refractivity contribution in [2.75, 3.05) is 120 Å². The fraction of sp³-hybridized carbons (Fsp3) is 0.514. The van der Waals surface area contributed by atoms with Gasteiger partial charge in [-0.1, -0.05) is 56.3 Å². The predicted octanol–water partition coefficient (Wildman–Crippen LogP) is 8.99. The molecule has 0 spiro atoms. The van der Waals surface area contributed by atoms with Gasteiger partial charge in [-0.3, -0.25) is 29.3 Å². The lowest BCUT2D eigenvalue weighted by molar-refractivity contribution is -0.142. The number of anilines is 3. The van der Waals surface area contributed by atoms with Gasteiger partial charge in [0.2, 0.25) is 23.6 Å². The summed E-state index contributed by atoms with van der Waals surface area (Å²) >= 11 is 0. The number of rotatable bonds is 21. The smallest absolute Gasteiger partial charge is 0.410 e. The first kappa shape index (κ1) is 69.9. The number of amides is 3. The number of nitrogens with one attached hydrogen (secondary N) is 1. The van der Waals surface area contributed by atoms with Crippen molar-refractivity contribution in [3.63, 3.8) is 0 Å². The Hall–Kier alpha value is -8.39. The number of carbonyl (C=O) groups is 3. The summed E-state index contributed by atoms with van der Waals surface area (Å²) in [5.41, 5.74) is 5.59. The lowest BCUT2D eigenvalue weighted by atomic mass is 9.91. The van der Waals surface area contributed by atoms with Crippen molar-refractivity contribution in [2.24, 2.45) is 4.99 Å². The Labute approximate surface area is 569 Å². The second kappa shape index (κ2) is 29.0. The summed E-state index contributed by atoms with van der Waals surface area (Å²) in [4.78, 5) is 85.4. The van der Waals surface area contributed by atoms with Gasteiger partial charge in [0.25, 0.3) is 0 Å². The first-order chi connectivity index (χ1) is 46.1. The summed E-state index contributed by atoms with van der Waals surface area (Å²) in [5.74, 6) is 2.51. The van der Waals surface area contributed by atoms with E-state index in [1.54, 1.807) is 62.3 Å². The molecule has 0 radical (unpaired) electrons. The van der Waals surface area contributed by atoms with Crippen molar-refractivity contribution < 1.29 is 46.1 Å². The topological polar surface area (TPSA) is 234 Å². The van der Waals surface area contributed by atoms with Gasteiger partial charge in [-0.05, 0) is 122 Å². The van der Waals surface area contributed by atoms with Crippen molar-refractivity contribution >= 4 is 61.9 Å². The number of sulfone groups is 1. The van der Waals surface area contributed by atoms with Crippen LogP contribution in [0.3, 0.4) is 0 Å². The molecule has 0 bridgehead atoms. The molecule has 25 heteroatoms. The van der Waals surface area contributed by atoms with Gasteiger partial charge in [-0.2, -0.15) is 0 Å². The number of hydrogen-bond acceptors (Lipinski definition) is 20. The van der Waals surface area contributed by atoms with Crippen molar-refractivity contribution in [1.29, 1.82) is 0 Å². The Morgan fingerprint density at radius 3 is 2.23 bits per heavy atom. The molecule has 3 fully saturated rings. The molecule has 5 aliphatic rings. The van der Waals surface area contributed by atoms with Crippen LogP contribution >= 0.6 is 0 Å². The van der Waals surface area contributed by atoms with E-state index in [9.17, 15) is 22.4 Å². The largest absolute Gasteiger partial charge is 0.492 e. The van der Waals surface area contributed by atoms with E-state index >= 15 is 4.79 Å². The molecule has 0 aliphatic carbocycles. The number of aromatic nitrogens is 5. The molecule has 518 valence electrons. The van der Waals surface area contributed by atoms with Gasteiger partial charge < -0.3 is 43.9 Å². The lowest BCUT2D eigenvalue weighted by Crippen LogP contribution is -2.65. The molecule has 3 amide bonds. The SMILES string of the molecule is CC1=C(C)C(Nc2ncnc3cc(OCCCN4CCN(c5ncc(OCCN6CCN(C[C@H]7CN(C(=O)OC(C)(C)C)[C@H](C)CN7CC(=O)N7CC(C)(C)c8nc(OCc9ccccc9)c(Cc9ccc(F)cc9)cc87)[C@H](C)C6=O)cn5)CC4)c(S(=O)(=O)C(C)(C)C)cc23)=NC1. The maximum Gasteiger partial charge on any atom is 0.410 e. The van der Waals surface area contributed by atoms with Crippen LogP contribution < -0.4 is 29.3 Å². The molecule has 97 heavy (non-hydrogen) atoms. The van der Waals surface area contributed by atoms with Gasteiger partial charge in [0.05, 0.1) is 66.3 Å². The number of benzene rings is 3. The van der Waals surface area contributed by atoms with Crippen LogP contribution in [-0.2, 0) is 42.6 Å². The van der Waals surface area contributed by atoms with E-state index in [0.29, 0.717) is 131 Å². The zero-order valence-electron chi connectivity index (χ0n) is 58.1. The summed E-state index contributed by atoms with van der Waals surface area (Å²) < 4.78 is 65.9. The van der Waals surface area contributed by atoms with E-state index in [1.165, 1.54) is 18.5 Å². The maximum absolute atomic E-state index is 15.0. The van der Waals surface area contributed by atoms with Crippen LogP contribution in [0.1, 0.15) is 112 Å². The minimum atomic E-state index is -3.83. The van der Waals surface area contributed by atoms with E-state index in [4.69, 9.17) is 23.9 Å². The van der Waals surface area contributed by atoms with Crippen molar-refractivity contribution in [3.05, 3.63) is 131 Å². The van der Waals surface area contributed by atoms with Crippen molar-refractivity contribution in [3.8, 4) is 17.4 Å². The Bertz CT molecular complexity index is 4030. The number of carbonyl (C=O) groups excluding carboxylic acids is 3. The molecular weight excluding hydrogens is 1260 g/mol. The number of aliphatic imine (C=N–C) groups is 1. The lowest BCUT2D eigenvalue weighted by Gasteiger charge is -2.48. The summed E-state index contributed by atoms with van der Waals surface area (Å²) in [6.45, 7) is 30.7. The molecule has 3 saturated heterocycles. The van der Waals surface area contributed by atoms with Crippen LogP contribution in [0.15, 0.2) is 113 Å². The van der Waals surface area contributed by atoms with Gasteiger partial charge in [-0.15, -0.1) is 0 Å². The van der Waals surface area contributed by atoms with Gasteiger partial charge in [0.1, 0.15) is 53.3 Å². The van der Waals surface area contributed by atoms with Gasteiger partial charge in [-0.25, -0.2) is 42.5 Å². The molecular formula is C72H93FN14O9S. The molecule has 1 N–H and O–H groups in total. The van der Waals surface area contributed by atoms with Crippen molar-refractivity contribution in [2.45, 2.75) is 141 Å². The predicted molar refractivity (Wildman–Crippen MR) is 372 cm³/mol. The van der Waals surface area contributed by atoms with Crippen molar-refractivity contribution in [1.82, 2.24) is 49.4 Å². The first-order valence-electron chi connectivity index (χ1n) is 33.7. The van der Waals surface area contributed by atoms with Crippen LogP contribution in [-0.4, -0.2) is 215 Å². The zero-order chi connectivity index (χ0) is 69.1. The number of ether oxygens (including phenoxy) is 4. The number of fused-ring (bicyclic) bond motifs is 2. The maximum atomic E-state index is 15.0. The third-order valence-corrected chi connectivity index (χ3v) is 21.4. The Morgan fingerprint density at radius 2 is 1.54 bits per heavy atom. The minimum absolute atomic E-state index is 0.0435. The van der Waals surface area contributed by atoms with E-state index in [0.717, 1.165) is 53.2 Å². The normalized spacial score (nSPS) is 19.7. The molecule has 8 heterocycles. The molecule has 3 aromatic carbocycles. The van der Waals surface area contributed by atoms with E-state index in [-0.39, 0.29) is 60.1 Å². The van der Waals surface area contributed by atoms with Crippen LogP contribution in [0.4, 0.5) is 26.6 Å². The fourth-order valence-corrected chi connectivity index (χ4v) is 14.3. The molecule has 6 aromatic rings. The minimum Gasteiger partial charge on any atom is -0.492 e. The molecule has 23 nitrogen and oxygen atoms in total. The number of pyridine rings is 1. The second-order valence-corrected chi connectivity index (χ2v) is 31.4. The monoisotopic (exact) mass is 1350 g/mol. The summed E-state index contributed by atoms with van der Waals surface area (Å²) in [6, 6.07) is 20.4. The first-order valence-corrected chi connectivity index (χ1v) is 35.2.